The maximum atomic E-state index is 11.7. The van der Waals surface area contributed by atoms with E-state index in [2.05, 4.69) is 26.2 Å². The molecular formula is C13H15BrN2O2. The van der Waals surface area contributed by atoms with Crippen LogP contribution in [-0.2, 0) is 0 Å². The van der Waals surface area contributed by atoms with Gasteiger partial charge in [0.1, 0.15) is 5.75 Å². The summed E-state index contributed by atoms with van der Waals surface area (Å²) in [7, 11) is 0. The van der Waals surface area contributed by atoms with Gasteiger partial charge >= 0.3 is 6.09 Å². The standard InChI is InChI=1S/C13H15BrN2O2/c1-13(2,3)16-12(17)18-11-7-8(14)6-10-9(11)4-5-15-10/h4-7,15H,1-3H3,(H,16,17). The van der Waals surface area contributed by atoms with Gasteiger partial charge in [-0.2, -0.15) is 0 Å². The number of hydrogen-bond donors (Lipinski definition) is 2. The molecule has 1 amide bonds. The summed E-state index contributed by atoms with van der Waals surface area (Å²) in [5, 5.41) is 3.63. The van der Waals surface area contributed by atoms with Crippen LogP contribution in [0.3, 0.4) is 0 Å². The molecule has 0 bridgehead atoms. The second-order valence-corrected chi connectivity index (χ2v) is 6.02. The lowest BCUT2D eigenvalue weighted by atomic mass is 10.1. The van der Waals surface area contributed by atoms with Crippen LogP contribution in [0.1, 0.15) is 20.8 Å². The number of carbonyl (C=O) groups is 1. The Bertz CT molecular complexity index is 584. The van der Waals surface area contributed by atoms with Crippen molar-refractivity contribution in [2.45, 2.75) is 26.3 Å². The number of rotatable bonds is 1. The Morgan fingerprint density at radius 3 is 2.78 bits per heavy atom. The van der Waals surface area contributed by atoms with Crippen molar-refractivity contribution in [1.29, 1.82) is 0 Å². The van der Waals surface area contributed by atoms with E-state index in [0.29, 0.717) is 5.75 Å². The van der Waals surface area contributed by atoms with E-state index in [-0.39, 0.29) is 5.54 Å². The molecule has 2 aromatic rings. The molecule has 0 spiro atoms. The van der Waals surface area contributed by atoms with Gasteiger partial charge in [0, 0.05) is 21.6 Å². The van der Waals surface area contributed by atoms with E-state index in [1.165, 1.54) is 0 Å². The van der Waals surface area contributed by atoms with Crippen molar-refractivity contribution >= 4 is 32.9 Å². The van der Waals surface area contributed by atoms with Gasteiger partial charge in [0.2, 0.25) is 0 Å². The van der Waals surface area contributed by atoms with Gasteiger partial charge in [-0.15, -0.1) is 0 Å². The van der Waals surface area contributed by atoms with Gasteiger partial charge in [0.25, 0.3) is 0 Å². The topological polar surface area (TPSA) is 54.1 Å². The summed E-state index contributed by atoms with van der Waals surface area (Å²) >= 11 is 3.39. The zero-order valence-corrected chi connectivity index (χ0v) is 12.1. The molecule has 0 unspecified atom stereocenters. The van der Waals surface area contributed by atoms with E-state index in [0.717, 1.165) is 15.4 Å². The Morgan fingerprint density at radius 1 is 1.39 bits per heavy atom. The largest absolute Gasteiger partial charge is 0.413 e. The first kappa shape index (κ1) is 13.0. The minimum atomic E-state index is -0.455. The molecule has 0 saturated carbocycles. The average Bonchev–Trinajstić information content (AvgIpc) is 2.61. The lowest BCUT2D eigenvalue weighted by molar-refractivity contribution is 0.191. The van der Waals surface area contributed by atoms with E-state index < -0.39 is 6.09 Å². The number of aromatic nitrogens is 1. The number of ether oxygens (including phenoxy) is 1. The molecule has 0 atom stereocenters. The first-order valence-electron chi connectivity index (χ1n) is 5.62. The molecule has 0 aliphatic rings. The normalized spacial score (nSPS) is 11.6. The third kappa shape index (κ3) is 3.04. The number of H-pyrrole nitrogens is 1. The summed E-state index contributed by atoms with van der Waals surface area (Å²) in [4.78, 5) is 14.8. The molecule has 0 saturated heterocycles. The molecule has 2 N–H and O–H groups in total. The predicted octanol–water partition coefficient (Wildman–Crippen LogP) is 3.82. The smallest absolute Gasteiger partial charge is 0.410 e. The Hall–Kier alpha value is -1.49. The predicted molar refractivity (Wildman–Crippen MR) is 74.9 cm³/mol. The third-order valence-electron chi connectivity index (χ3n) is 2.28. The van der Waals surface area contributed by atoms with E-state index in [4.69, 9.17) is 4.74 Å². The third-order valence-corrected chi connectivity index (χ3v) is 2.73. The second kappa shape index (κ2) is 4.65. The van der Waals surface area contributed by atoms with E-state index in [1.54, 1.807) is 6.07 Å². The van der Waals surface area contributed by atoms with Gasteiger partial charge in [-0.25, -0.2) is 4.79 Å². The molecule has 1 aromatic heterocycles. The van der Waals surface area contributed by atoms with Crippen molar-refractivity contribution < 1.29 is 9.53 Å². The minimum absolute atomic E-state index is 0.319. The molecule has 5 heteroatoms. The summed E-state index contributed by atoms with van der Waals surface area (Å²) in [6.45, 7) is 5.71. The van der Waals surface area contributed by atoms with Crippen molar-refractivity contribution in [2.24, 2.45) is 0 Å². The quantitative estimate of drug-likeness (QED) is 0.841. The van der Waals surface area contributed by atoms with Crippen molar-refractivity contribution in [3.05, 3.63) is 28.9 Å². The van der Waals surface area contributed by atoms with Crippen LogP contribution >= 0.6 is 15.9 Å². The van der Waals surface area contributed by atoms with Crippen molar-refractivity contribution in [2.75, 3.05) is 0 Å². The Balaban J connectivity index is 2.26. The summed E-state index contributed by atoms with van der Waals surface area (Å²) in [6.07, 6.45) is 1.36. The van der Waals surface area contributed by atoms with Crippen LogP contribution in [0, 0.1) is 0 Å². The van der Waals surface area contributed by atoms with Crippen LogP contribution in [0.25, 0.3) is 10.9 Å². The van der Waals surface area contributed by atoms with Crippen LogP contribution in [0.15, 0.2) is 28.9 Å². The van der Waals surface area contributed by atoms with Gasteiger partial charge in [-0.05, 0) is 39.0 Å². The zero-order chi connectivity index (χ0) is 13.3. The zero-order valence-electron chi connectivity index (χ0n) is 10.5. The fraction of sp³-hybridized carbons (Fsp3) is 0.308. The highest BCUT2D eigenvalue weighted by atomic mass is 79.9. The molecule has 1 heterocycles. The minimum Gasteiger partial charge on any atom is -0.410 e. The first-order valence-corrected chi connectivity index (χ1v) is 6.41. The van der Waals surface area contributed by atoms with Gasteiger partial charge < -0.3 is 15.0 Å². The Kier molecular flexibility index (Phi) is 3.34. The van der Waals surface area contributed by atoms with E-state index in [1.807, 2.05) is 39.1 Å². The number of carbonyl (C=O) groups excluding carboxylic acids is 1. The fourth-order valence-electron chi connectivity index (χ4n) is 1.62. The van der Waals surface area contributed by atoms with Crippen LogP contribution < -0.4 is 10.1 Å². The highest BCUT2D eigenvalue weighted by molar-refractivity contribution is 9.10. The molecule has 0 radical (unpaired) electrons. The highest BCUT2D eigenvalue weighted by Crippen LogP contribution is 2.29. The number of nitrogens with one attached hydrogen (secondary N) is 2. The molecule has 2 rings (SSSR count). The summed E-state index contributed by atoms with van der Waals surface area (Å²) < 4.78 is 6.20. The number of aromatic amines is 1. The second-order valence-electron chi connectivity index (χ2n) is 5.11. The summed E-state index contributed by atoms with van der Waals surface area (Å²) in [5.74, 6) is 0.530. The first-order chi connectivity index (χ1) is 8.35. The molecule has 0 aliphatic heterocycles. The van der Waals surface area contributed by atoms with Gasteiger partial charge in [0.05, 0.1) is 5.52 Å². The van der Waals surface area contributed by atoms with Crippen LogP contribution in [-0.4, -0.2) is 16.6 Å². The maximum absolute atomic E-state index is 11.7. The van der Waals surface area contributed by atoms with Crippen LogP contribution in [0.4, 0.5) is 4.79 Å². The monoisotopic (exact) mass is 310 g/mol. The molecule has 18 heavy (non-hydrogen) atoms. The van der Waals surface area contributed by atoms with Crippen molar-refractivity contribution in [1.82, 2.24) is 10.3 Å². The molecule has 0 fully saturated rings. The molecule has 96 valence electrons. The number of hydrogen-bond acceptors (Lipinski definition) is 2. The van der Waals surface area contributed by atoms with E-state index >= 15 is 0 Å². The fourth-order valence-corrected chi connectivity index (χ4v) is 2.05. The molecule has 1 aromatic carbocycles. The number of amides is 1. The molecular weight excluding hydrogens is 296 g/mol. The Morgan fingerprint density at radius 2 is 2.11 bits per heavy atom. The van der Waals surface area contributed by atoms with Gasteiger partial charge in [-0.3, -0.25) is 0 Å². The van der Waals surface area contributed by atoms with Gasteiger partial charge in [0.15, 0.2) is 0 Å². The number of halogens is 1. The van der Waals surface area contributed by atoms with Crippen LogP contribution in [0.5, 0.6) is 5.75 Å². The summed E-state index contributed by atoms with van der Waals surface area (Å²) in [6, 6.07) is 5.59. The number of benzene rings is 1. The lowest BCUT2D eigenvalue weighted by Gasteiger charge is -2.20. The molecule has 4 nitrogen and oxygen atoms in total. The van der Waals surface area contributed by atoms with Crippen molar-refractivity contribution in [3.63, 3.8) is 0 Å². The van der Waals surface area contributed by atoms with Crippen LogP contribution in [0.2, 0.25) is 0 Å². The SMILES string of the molecule is CC(C)(C)NC(=O)Oc1cc(Br)cc2[nH]ccc12. The highest BCUT2D eigenvalue weighted by Gasteiger charge is 2.16. The Labute approximate surface area is 114 Å². The average molecular weight is 311 g/mol. The van der Waals surface area contributed by atoms with Crippen molar-refractivity contribution in [3.8, 4) is 5.75 Å². The lowest BCUT2D eigenvalue weighted by Crippen LogP contribution is -2.42. The maximum Gasteiger partial charge on any atom is 0.413 e. The van der Waals surface area contributed by atoms with E-state index in [9.17, 15) is 4.79 Å². The number of fused-ring (bicyclic) bond motifs is 1. The van der Waals surface area contributed by atoms with Gasteiger partial charge in [-0.1, -0.05) is 15.9 Å². The molecule has 0 aliphatic carbocycles. The summed E-state index contributed by atoms with van der Waals surface area (Å²) in [5.41, 5.74) is 0.600.